The number of hydrogen-bond donors (Lipinski definition) is 2. The number of anilines is 2. The van der Waals surface area contributed by atoms with Gasteiger partial charge >= 0.3 is 6.03 Å². The summed E-state index contributed by atoms with van der Waals surface area (Å²) in [7, 11) is 0. The van der Waals surface area contributed by atoms with E-state index in [1.54, 1.807) is 16.2 Å². The fourth-order valence-electron chi connectivity index (χ4n) is 2.24. The summed E-state index contributed by atoms with van der Waals surface area (Å²) in [5, 5.41) is 8.25. The number of benzene rings is 1. The third kappa shape index (κ3) is 2.60. The van der Waals surface area contributed by atoms with Crippen LogP contribution in [0.3, 0.4) is 0 Å². The third-order valence-corrected chi connectivity index (χ3v) is 3.90. The molecule has 20 heavy (non-hydrogen) atoms. The van der Waals surface area contributed by atoms with Gasteiger partial charge in [-0.05, 0) is 25.1 Å². The number of aromatic nitrogens is 1. The molecule has 1 saturated heterocycles. The fraction of sp³-hybridized carbons (Fsp3) is 0.286. The molecular weight excluding hydrogens is 272 g/mol. The molecule has 0 radical (unpaired) electrons. The lowest BCUT2D eigenvalue weighted by atomic mass is 10.2. The average Bonchev–Trinajstić information content (AvgIpc) is 3.10. The summed E-state index contributed by atoms with van der Waals surface area (Å²) in [5.74, 6) is 0. The Morgan fingerprint density at radius 2 is 2.40 bits per heavy atom. The minimum Gasteiger partial charge on any atom is -0.377 e. The van der Waals surface area contributed by atoms with Crippen molar-refractivity contribution >= 4 is 28.7 Å². The van der Waals surface area contributed by atoms with Crippen molar-refractivity contribution < 1.29 is 4.79 Å². The van der Waals surface area contributed by atoms with E-state index >= 15 is 0 Å². The monoisotopic (exact) mass is 288 g/mol. The van der Waals surface area contributed by atoms with Gasteiger partial charge in [0.25, 0.3) is 0 Å². The number of nitrogens with one attached hydrogen (secondary N) is 2. The van der Waals surface area contributed by atoms with E-state index in [-0.39, 0.29) is 12.1 Å². The van der Waals surface area contributed by atoms with Crippen LogP contribution in [0.5, 0.6) is 0 Å². The summed E-state index contributed by atoms with van der Waals surface area (Å²) in [4.78, 5) is 17.7. The first-order valence-electron chi connectivity index (χ1n) is 6.54. The van der Waals surface area contributed by atoms with Crippen LogP contribution >= 0.6 is 11.3 Å². The van der Waals surface area contributed by atoms with Crippen LogP contribution in [0.4, 0.5) is 16.2 Å². The molecule has 2 aromatic rings. The summed E-state index contributed by atoms with van der Waals surface area (Å²) in [6.07, 6.45) is 0. The van der Waals surface area contributed by atoms with Crippen molar-refractivity contribution in [1.29, 1.82) is 0 Å². The van der Waals surface area contributed by atoms with Crippen molar-refractivity contribution in [3.63, 3.8) is 0 Å². The van der Waals surface area contributed by atoms with Crippen molar-refractivity contribution in [3.8, 4) is 0 Å². The lowest BCUT2D eigenvalue weighted by molar-refractivity contribution is 0.252. The van der Waals surface area contributed by atoms with E-state index in [1.807, 2.05) is 35.2 Å². The van der Waals surface area contributed by atoms with Crippen molar-refractivity contribution in [2.24, 2.45) is 0 Å². The summed E-state index contributed by atoms with van der Waals surface area (Å²) in [6, 6.07) is 8.01. The van der Waals surface area contributed by atoms with Gasteiger partial charge in [0.05, 0.1) is 17.2 Å². The third-order valence-electron chi connectivity index (χ3n) is 3.29. The fourth-order valence-corrected chi connectivity index (χ4v) is 2.89. The van der Waals surface area contributed by atoms with E-state index in [0.717, 1.165) is 17.1 Å². The SMILES string of the molecule is CC(Nc1cccc(N2CCNC2=O)c1)c1cscn1. The molecule has 0 aliphatic carbocycles. The van der Waals surface area contributed by atoms with E-state index in [4.69, 9.17) is 0 Å². The van der Waals surface area contributed by atoms with Gasteiger partial charge in [0.1, 0.15) is 0 Å². The Morgan fingerprint density at radius 1 is 1.50 bits per heavy atom. The Hall–Kier alpha value is -2.08. The van der Waals surface area contributed by atoms with Crippen LogP contribution in [0.2, 0.25) is 0 Å². The minimum absolute atomic E-state index is 0.0327. The highest BCUT2D eigenvalue weighted by Crippen LogP contribution is 2.24. The second-order valence-corrected chi connectivity index (χ2v) is 5.43. The number of carbonyl (C=O) groups excluding carboxylic acids is 1. The van der Waals surface area contributed by atoms with Gasteiger partial charge in [0.15, 0.2) is 0 Å². The lowest BCUT2D eigenvalue weighted by Gasteiger charge is -2.18. The zero-order valence-corrected chi connectivity index (χ0v) is 12.0. The molecule has 0 saturated carbocycles. The Kier molecular flexibility index (Phi) is 3.56. The van der Waals surface area contributed by atoms with E-state index in [1.165, 1.54) is 0 Å². The van der Waals surface area contributed by atoms with Crippen LogP contribution in [-0.2, 0) is 0 Å². The zero-order chi connectivity index (χ0) is 13.9. The quantitative estimate of drug-likeness (QED) is 0.909. The topological polar surface area (TPSA) is 57.3 Å². The van der Waals surface area contributed by atoms with Crippen LogP contribution in [-0.4, -0.2) is 24.1 Å². The first-order chi connectivity index (χ1) is 9.74. The molecule has 1 aliphatic rings. The highest BCUT2D eigenvalue weighted by atomic mass is 32.1. The molecule has 0 spiro atoms. The van der Waals surface area contributed by atoms with Gasteiger partial charge in [-0.3, -0.25) is 4.90 Å². The highest BCUT2D eigenvalue weighted by molar-refractivity contribution is 7.07. The zero-order valence-electron chi connectivity index (χ0n) is 11.2. The van der Waals surface area contributed by atoms with Crippen molar-refractivity contribution in [2.75, 3.05) is 23.3 Å². The smallest absolute Gasteiger partial charge is 0.321 e. The standard InChI is InChI=1S/C14H16N4OS/c1-10(13-8-20-9-16-13)17-11-3-2-4-12(7-11)18-6-5-15-14(18)19/h2-4,7-10,17H,5-6H2,1H3,(H,15,19). The molecule has 1 unspecified atom stereocenters. The molecule has 1 aromatic heterocycles. The van der Waals surface area contributed by atoms with Crippen LogP contribution in [0, 0.1) is 0 Å². The van der Waals surface area contributed by atoms with Gasteiger partial charge in [-0.25, -0.2) is 9.78 Å². The van der Waals surface area contributed by atoms with Gasteiger partial charge in [-0.15, -0.1) is 11.3 Å². The predicted molar refractivity (Wildman–Crippen MR) is 81.3 cm³/mol. The molecule has 2 heterocycles. The number of hydrogen-bond acceptors (Lipinski definition) is 4. The maximum atomic E-state index is 11.7. The second kappa shape index (κ2) is 5.50. The Bertz CT molecular complexity index is 599. The van der Waals surface area contributed by atoms with Crippen LogP contribution in [0.25, 0.3) is 0 Å². The van der Waals surface area contributed by atoms with Crippen molar-refractivity contribution in [2.45, 2.75) is 13.0 Å². The molecule has 2 amide bonds. The Labute approximate surface area is 121 Å². The van der Waals surface area contributed by atoms with E-state index in [0.29, 0.717) is 13.1 Å². The van der Waals surface area contributed by atoms with Crippen molar-refractivity contribution in [3.05, 3.63) is 40.8 Å². The van der Waals surface area contributed by atoms with E-state index in [2.05, 4.69) is 22.5 Å². The summed E-state index contributed by atoms with van der Waals surface area (Å²) < 4.78 is 0. The first-order valence-corrected chi connectivity index (χ1v) is 7.48. The molecule has 5 nitrogen and oxygen atoms in total. The Morgan fingerprint density at radius 3 is 3.10 bits per heavy atom. The first kappa shape index (κ1) is 12.9. The van der Waals surface area contributed by atoms with Crippen LogP contribution in [0.15, 0.2) is 35.2 Å². The number of amides is 2. The van der Waals surface area contributed by atoms with Gasteiger partial charge in [0, 0.05) is 29.8 Å². The molecular formula is C14H16N4OS. The van der Waals surface area contributed by atoms with Gasteiger partial charge in [-0.1, -0.05) is 6.07 Å². The molecule has 2 N–H and O–H groups in total. The largest absolute Gasteiger partial charge is 0.377 e. The number of carbonyl (C=O) groups is 1. The van der Waals surface area contributed by atoms with Crippen LogP contribution < -0.4 is 15.5 Å². The maximum absolute atomic E-state index is 11.7. The Balaban J connectivity index is 1.76. The molecule has 1 aliphatic heterocycles. The number of urea groups is 1. The second-order valence-electron chi connectivity index (χ2n) is 4.71. The van der Waals surface area contributed by atoms with E-state index in [9.17, 15) is 4.79 Å². The predicted octanol–water partition coefficient (Wildman–Crippen LogP) is 2.85. The number of nitrogens with zero attached hydrogens (tertiary/aromatic N) is 2. The summed E-state index contributed by atoms with van der Waals surface area (Å²) in [6.45, 7) is 3.49. The maximum Gasteiger partial charge on any atom is 0.321 e. The normalized spacial score (nSPS) is 16.1. The lowest BCUT2D eigenvalue weighted by Crippen LogP contribution is -2.27. The van der Waals surface area contributed by atoms with Gasteiger partial charge in [0.2, 0.25) is 0 Å². The summed E-state index contributed by atoms with van der Waals surface area (Å²) >= 11 is 1.59. The van der Waals surface area contributed by atoms with Crippen LogP contribution in [0.1, 0.15) is 18.7 Å². The molecule has 1 fully saturated rings. The average molecular weight is 288 g/mol. The van der Waals surface area contributed by atoms with E-state index < -0.39 is 0 Å². The molecule has 1 atom stereocenters. The molecule has 0 bridgehead atoms. The van der Waals surface area contributed by atoms with Gasteiger partial charge < -0.3 is 10.6 Å². The highest BCUT2D eigenvalue weighted by Gasteiger charge is 2.21. The number of thiazole rings is 1. The molecule has 1 aromatic carbocycles. The van der Waals surface area contributed by atoms with Gasteiger partial charge in [-0.2, -0.15) is 0 Å². The van der Waals surface area contributed by atoms with Crippen molar-refractivity contribution in [1.82, 2.24) is 10.3 Å². The summed E-state index contributed by atoms with van der Waals surface area (Å²) in [5.41, 5.74) is 4.76. The molecule has 104 valence electrons. The minimum atomic E-state index is -0.0327. The molecule has 3 rings (SSSR count). The number of rotatable bonds is 4. The molecule has 6 heteroatoms.